The van der Waals surface area contributed by atoms with Crippen LogP contribution in [0.4, 0.5) is 10.7 Å². The topological polar surface area (TPSA) is 88.1 Å². The van der Waals surface area contributed by atoms with Crippen molar-refractivity contribution < 1.29 is 19.1 Å². The second-order valence-electron chi connectivity index (χ2n) is 13.6. The van der Waals surface area contributed by atoms with Gasteiger partial charge in [0.15, 0.2) is 0 Å². The zero-order valence-corrected chi connectivity index (χ0v) is 28.9. The molecule has 0 radical (unpaired) electrons. The second kappa shape index (κ2) is 18.2. The predicted octanol–water partition coefficient (Wildman–Crippen LogP) is 7.06. The molecule has 1 unspecified atom stereocenters. The summed E-state index contributed by atoms with van der Waals surface area (Å²) in [6.07, 6.45) is 22.7. The zero-order chi connectivity index (χ0) is 32.9. The Bertz CT molecular complexity index is 1200. The second-order valence-corrected chi connectivity index (χ2v) is 13.6. The number of hydrogen-bond acceptors (Lipinski definition) is 8. The van der Waals surface area contributed by atoms with Crippen LogP contribution in [-0.4, -0.2) is 90.4 Å². The summed E-state index contributed by atoms with van der Waals surface area (Å²) in [5.41, 5.74) is 1.90. The number of carbonyl (C=O) groups excluding carboxylic acids is 2. The first-order chi connectivity index (χ1) is 22.2. The summed E-state index contributed by atoms with van der Waals surface area (Å²) < 4.78 is 12.1. The third-order valence-electron chi connectivity index (χ3n) is 9.64. The highest BCUT2D eigenvalue weighted by molar-refractivity contribution is 5.70. The third-order valence-corrected chi connectivity index (χ3v) is 9.64. The number of carbonyl (C=O) groups is 2. The van der Waals surface area contributed by atoms with E-state index in [9.17, 15) is 9.59 Å². The van der Waals surface area contributed by atoms with Gasteiger partial charge in [-0.2, -0.15) is 0 Å². The lowest BCUT2D eigenvalue weighted by molar-refractivity contribution is -0.148. The van der Waals surface area contributed by atoms with Crippen LogP contribution in [-0.2, 0) is 14.3 Å². The fourth-order valence-electron chi connectivity index (χ4n) is 6.70. The monoisotopic (exact) mass is 635 g/mol. The fraction of sp³-hybridized carbons (Fsp3) is 0.676. The quantitative estimate of drug-likeness (QED) is 0.136. The van der Waals surface area contributed by atoms with E-state index in [-0.39, 0.29) is 30.0 Å². The highest BCUT2D eigenvalue weighted by atomic mass is 16.6. The molecule has 254 valence electrons. The maximum Gasteiger partial charge on any atom is 0.410 e. The van der Waals surface area contributed by atoms with Gasteiger partial charge in [-0.05, 0) is 56.7 Å². The molecular formula is C37H57N5O4. The lowest BCUT2D eigenvalue weighted by atomic mass is 9.95. The summed E-state index contributed by atoms with van der Waals surface area (Å²) in [6.45, 7) is 9.47. The highest BCUT2D eigenvalue weighted by Gasteiger charge is 2.29. The van der Waals surface area contributed by atoms with E-state index in [0.717, 1.165) is 63.1 Å². The Balaban J connectivity index is 1.37. The van der Waals surface area contributed by atoms with Crippen molar-refractivity contribution in [3.05, 3.63) is 53.9 Å². The molecule has 4 rings (SSSR count). The van der Waals surface area contributed by atoms with Gasteiger partial charge in [-0.25, -0.2) is 14.8 Å². The third kappa shape index (κ3) is 11.0. The van der Waals surface area contributed by atoms with Crippen LogP contribution in [0.3, 0.4) is 0 Å². The average Bonchev–Trinajstić information content (AvgIpc) is 3.35. The number of cyclic esters (lactones) is 1. The Morgan fingerprint density at radius 2 is 1.72 bits per heavy atom. The molecule has 0 spiro atoms. The Labute approximate surface area is 277 Å². The van der Waals surface area contributed by atoms with Crippen LogP contribution in [0.15, 0.2) is 48.2 Å². The Morgan fingerprint density at radius 1 is 1.02 bits per heavy atom. The number of nitrogens with zero attached hydrogens (tertiary/aromatic N) is 5. The Morgan fingerprint density at radius 3 is 2.43 bits per heavy atom. The molecule has 3 heterocycles. The SMILES string of the molecule is C/C(=C\C=C\C(C)c1ccnc(N(C)C)n1)[C@H]1OC(=O)CCCCC[C@@H](OC(=O)N2CCN(C3CCCCCC3)CC2)/C=C\[C@@H]1C. The molecule has 1 aromatic rings. The van der Waals surface area contributed by atoms with E-state index >= 15 is 0 Å². The Hall–Kier alpha value is -3.20. The first kappa shape index (κ1) is 35.7. The number of hydrogen-bond donors (Lipinski definition) is 0. The average molecular weight is 636 g/mol. The van der Waals surface area contributed by atoms with Gasteiger partial charge in [0, 0.05) is 70.8 Å². The molecule has 0 bridgehead atoms. The summed E-state index contributed by atoms with van der Waals surface area (Å²) in [5.74, 6) is 0.525. The molecule has 0 aromatic carbocycles. The van der Waals surface area contributed by atoms with Gasteiger partial charge in [-0.1, -0.05) is 70.3 Å². The molecule has 46 heavy (non-hydrogen) atoms. The number of piperazine rings is 1. The summed E-state index contributed by atoms with van der Waals surface area (Å²) in [5, 5.41) is 0. The normalized spacial score (nSPS) is 26.4. The molecule has 2 fully saturated rings. The van der Waals surface area contributed by atoms with Crippen LogP contribution in [0.1, 0.15) is 103 Å². The van der Waals surface area contributed by atoms with Crippen molar-refractivity contribution in [2.75, 3.05) is 45.2 Å². The maximum absolute atomic E-state index is 13.3. The maximum atomic E-state index is 13.3. The van der Waals surface area contributed by atoms with Crippen LogP contribution in [0, 0.1) is 5.92 Å². The van der Waals surface area contributed by atoms with E-state index < -0.39 is 6.10 Å². The van der Waals surface area contributed by atoms with Gasteiger partial charge in [0.05, 0.1) is 5.69 Å². The minimum atomic E-state index is -0.407. The summed E-state index contributed by atoms with van der Waals surface area (Å²) in [7, 11) is 3.86. The molecule has 9 heteroatoms. The summed E-state index contributed by atoms with van der Waals surface area (Å²) in [6, 6.07) is 2.60. The molecule has 1 aliphatic carbocycles. The van der Waals surface area contributed by atoms with Gasteiger partial charge in [-0.3, -0.25) is 9.69 Å². The van der Waals surface area contributed by atoms with E-state index in [4.69, 9.17) is 9.47 Å². The first-order valence-corrected chi connectivity index (χ1v) is 17.6. The van der Waals surface area contributed by atoms with Crippen molar-refractivity contribution in [2.45, 2.75) is 116 Å². The molecule has 1 aromatic heterocycles. The molecule has 4 atom stereocenters. The van der Waals surface area contributed by atoms with Crippen molar-refractivity contribution in [2.24, 2.45) is 5.92 Å². The Kier molecular flexibility index (Phi) is 14.1. The van der Waals surface area contributed by atoms with Crippen molar-refractivity contribution in [3.8, 4) is 0 Å². The number of rotatable bonds is 7. The van der Waals surface area contributed by atoms with E-state index in [1.165, 1.54) is 38.5 Å². The lowest BCUT2D eigenvalue weighted by Crippen LogP contribution is -2.52. The van der Waals surface area contributed by atoms with Crippen molar-refractivity contribution in [1.29, 1.82) is 0 Å². The van der Waals surface area contributed by atoms with E-state index in [1.54, 1.807) is 6.20 Å². The number of allylic oxidation sites excluding steroid dienone is 3. The number of esters is 1. The van der Waals surface area contributed by atoms with Gasteiger partial charge in [0.25, 0.3) is 0 Å². The standard InChI is InChI=1S/C37H57N5O4/c1-28(33-22-23-38-36(39-33)40(4)5)14-13-15-29(2)35-30(3)20-21-32(18-11-8-12-19-34(43)46-35)45-37(44)42-26-24-41(25-27-42)31-16-9-6-7-10-17-31/h13-15,20-23,28,30-32,35H,6-12,16-19,24-27H2,1-5H3/b14-13+,21-20-,29-15+/t28?,30-,32+,35+/m0/s1. The van der Waals surface area contributed by atoms with Gasteiger partial charge in [-0.15, -0.1) is 0 Å². The molecular weight excluding hydrogens is 578 g/mol. The predicted molar refractivity (Wildman–Crippen MR) is 184 cm³/mol. The number of ether oxygens (including phenoxy) is 2. The van der Waals surface area contributed by atoms with Gasteiger partial charge in [0.2, 0.25) is 5.95 Å². The van der Waals surface area contributed by atoms with Crippen molar-refractivity contribution in [1.82, 2.24) is 19.8 Å². The summed E-state index contributed by atoms with van der Waals surface area (Å²) >= 11 is 0. The molecule has 0 N–H and O–H groups in total. The van der Waals surface area contributed by atoms with Crippen LogP contribution in [0.5, 0.6) is 0 Å². The van der Waals surface area contributed by atoms with Crippen LogP contribution < -0.4 is 4.90 Å². The first-order valence-electron chi connectivity index (χ1n) is 17.6. The minimum absolute atomic E-state index is 0.0840. The van der Waals surface area contributed by atoms with Gasteiger partial charge >= 0.3 is 12.1 Å². The largest absolute Gasteiger partial charge is 0.457 e. The molecule has 1 saturated carbocycles. The summed E-state index contributed by atoms with van der Waals surface area (Å²) in [4.78, 5) is 41.3. The fourth-order valence-corrected chi connectivity index (χ4v) is 6.70. The van der Waals surface area contributed by atoms with Crippen molar-refractivity contribution in [3.63, 3.8) is 0 Å². The lowest BCUT2D eigenvalue weighted by Gasteiger charge is -2.39. The van der Waals surface area contributed by atoms with Crippen LogP contribution in [0.2, 0.25) is 0 Å². The van der Waals surface area contributed by atoms with Crippen molar-refractivity contribution >= 4 is 18.0 Å². The van der Waals surface area contributed by atoms with Crippen LogP contribution in [0.25, 0.3) is 0 Å². The number of aromatic nitrogens is 2. The minimum Gasteiger partial charge on any atom is -0.457 e. The van der Waals surface area contributed by atoms with E-state index in [2.05, 4.69) is 40.9 Å². The highest BCUT2D eigenvalue weighted by Crippen LogP contribution is 2.25. The molecule has 2 aliphatic heterocycles. The molecule has 1 amide bonds. The van der Waals surface area contributed by atoms with E-state index in [1.807, 2.05) is 55.1 Å². The molecule has 1 saturated heterocycles. The molecule has 3 aliphatic rings. The zero-order valence-electron chi connectivity index (χ0n) is 28.9. The van der Waals surface area contributed by atoms with Gasteiger partial charge < -0.3 is 19.3 Å². The molecule has 9 nitrogen and oxygen atoms in total. The number of amides is 1. The van der Waals surface area contributed by atoms with Crippen LogP contribution >= 0.6 is 0 Å². The smallest absolute Gasteiger partial charge is 0.410 e. The van der Waals surface area contributed by atoms with Gasteiger partial charge in [0.1, 0.15) is 12.2 Å². The van der Waals surface area contributed by atoms with E-state index in [0.29, 0.717) is 18.4 Å². The number of anilines is 1.